The Morgan fingerprint density at radius 1 is 0.404 bits per heavy atom. The van der Waals surface area contributed by atoms with Gasteiger partial charge in [0.25, 0.3) is 0 Å². The van der Waals surface area contributed by atoms with E-state index in [0.717, 1.165) is 28.3 Å². The minimum atomic E-state index is -0.138. The van der Waals surface area contributed by atoms with Crippen molar-refractivity contribution in [3.05, 3.63) is 217 Å². The summed E-state index contributed by atoms with van der Waals surface area (Å²) in [5.41, 5.74) is 16.9. The van der Waals surface area contributed by atoms with E-state index in [4.69, 9.17) is 0 Å². The highest BCUT2D eigenvalue weighted by atomic mass is 15.2. The molecule has 0 saturated heterocycles. The van der Waals surface area contributed by atoms with Crippen molar-refractivity contribution in [3.63, 3.8) is 0 Å². The minimum Gasteiger partial charge on any atom is -0.309 e. The number of hydrogen-bond donors (Lipinski definition) is 0. The lowest BCUT2D eigenvalue weighted by Gasteiger charge is -2.30. The second-order valence-corrected chi connectivity index (χ2v) is 15.7. The van der Waals surface area contributed by atoms with Crippen molar-refractivity contribution in [3.8, 4) is 39.1 Å². The van der Waals surface area contributed by atoms with Crippen molar-refractivity contribution in [2.24, 2.45) is 0 Å². The van der Waals surface area contributed by atoms with Crippen LogP contribution < -0.4 is 4.90 Å². The Bertz CT molecular complexity index is 3170. The molecule has 1 aromatic heterocycles. The fraction of sp³-hybridized carbons (Fsp3) is 0.0545. The van der Waals surface area contributed by atoms with Gasteiger partial charge in [-0.2, -0.15) is 0 Å². The number of nitrogens with zero attached hydrogens (tertiary/aromatic N) is 2. The third-order valence-electron chi connectivity index (χ3n) is 12.2. The summed E-state index contributed by atoms with van der Waals surface area (Å²) in [5, 5.41) is 4.91. The molecule has 10 aromatic rings. The van der Waals surface area contributed by atoms with Gasteiger partial charge in [0, 0.05) is 33.0 Å². The van der Waals surface area contributed by atoms with Gasteiger partial charge in [0.15, 0.2) is 0 Å². The summed E-state index contributed by atoms with van der Waals surface area (Å²) in [6.07, 6.45) is 0. The summed E-state index contributed by atoms with van der Waals surface area (Å²) in [6.45, 7) is 4.73. The Labute approximate surface area is 333 Å². The Morgan fingerprint density at radius 2 is 1.05 bits per heavy atom. The molecular weight excluding hydrogens is 689 g/mol. The van der Waals surface area contributed by atoms with Crippen molar-refractivity contribution >= 4 is 49.6 Å². The molecule has 0 unspecified atom stereocenters. The quantitative estimate of drug-likeness (QED) is 0.165. The van der Waals surface area contributed by atoms with Crippen LogP contribution in [-0.4, -0.2) is 4.57 Å². The molecule has 0 aliphatic heterocycles. The molecular formula is C55H40N2. The van der Waals surface area contributed by atoms with E-state index in [2.05, 4.69) is 230 Å². The molecule has 0 radical (unpaired) electrons. The maximum atomic E-state index is 2.51. The molecule has 57 heavy (non-hydrogen) atoms. The molecule has 11 rings (SSSR count). The summed E-state index contributed by atoms with van der Waals surface area (Å²) >= 11 is 0. The zero-order chi connectivity index (χ0) is 38.1. The van der Waals surface area contributed by atoms with Crippen LogP contribution in [0, 0.1) is 0 Å². The van der Waals surface area contributed by atoms with E-state index in [1.54, 1.807) is 0 Å². The first kappa shape index (κ1) is 33.2. The molecule has 1 heterocycles. The van der Waals surface area contributed by atoms with Gasteiger partial charge in [-0.25, -0.2) is 0 Å². The summed E-state index contributed by atoms with van der Waals surface area (Å²) < 4.78 is 2.47. The van der Waals surface area contributed by atoms with Gasteiger partial charge in [0.2, 0.25) is 0 Å². The van der Waals surface area contributed by atoms with Crippen LogP contribution in [0.2, 0.25) is 0 Å². The first-order chi connectivity index (χ1) is 28.1. The number of anilines is 3. The van der Waals surface area contributed by atoms with Crippen molar-refractivity contribution < 1.29 is 0 Å². The lowest BCUT2D eigenvalue weighted by Crippen LogP contribution is -2.17. The van der Waals surface area contributed by atoms with E-state index < -0.39 is 0 Å². The van der Waals surface area contributed by atoms with E-state index in [-0.39, 0.29) is 5.41 Å². The number of rotatable bonds is 6. The maximum absolute atomic E-state index is 2.51. The van der Waals surface area contributed by atoms with Crippen molar-refractivity contribution in [2.45, 2.75) is 19.3 Å². The van der Waals surface area contributed by atoms with Gasteiger partial charge < -0.3 is 9.47 Å². The Kier molecular flexibility index (Phi) is 7.55. The number of benzene rings is 9. The average molecular weight is 729 g/mol. The average Bonchev–Trinajstić information content (AvgIpc) is 3.73. The zero-order valence-corrected chi connectivity index (χ0v) is 32.0. The molecule has 1 aliphatic rings. The lowest BCUT2D eigenvalue weighted by molar-refractivity contribution is 0.660. The van der Waals surface area contributed by atoms with E-state index in [9.17, 15) is 0 Å². The molecule has 0 fully saturated rings. The standard InChI is InChI=1S/C55H40N2/c1-55(2)47-25-12-8-23-44(47)45-34-33-41(36-48(45)55)56(49-26-13-9-21-42(49)38-18-4-3-5-19-38)52-29-16-30-53-54(52)46-24-11-15-28-51(46)57(53)50-27-14-10-22-43(50)40-32-31-37-17-6-7-20-39(37)35-40/h3-36H,1-2H3. The highest BCUT2D eigenvalue weighted by molar-refractivity contribution is 6.17. The van der Waals surface area contributed by atoms with Crippen molar-refractivity contribution in [2.75, 3.05) is 4.90 Å². The van der Waals surface area contributed by atoms with Crippen LogP contribution in [0.1, 0.15) is 25.0 Å². The number of hydrogen-bond acceptors (Lipinski definition) is 1. The Morgan fingerprint density at radius 3 is 1.93 bits per heavy atom. The Hall–Kier alpha value is -7.16. The van der Waals surface area contributed by atoms with Gasteiger partial charge in [0.1, 0.15) is 0 Å². The zero-order valence-electron chi connectivity index (χ0n) is 32.0. The van der Waals surface area contributed by atoms with Crippen LogP contribution in [0.5, 0.6) is 0 Å². The van der Waals surface area contributed by atoms with Gasteiger partial charge in [-0.3, -0.25) is 0 Å². The maximum Gasteiger partial charge on any atom is 0.0562 e. The van der Waals surface area contributed by atoms with Crippen LogP contribution in [0.4, 0.5) is 17.1 Å². The molecule has 0 saturated carbocycles. The molecule has 0 atom stereocenters. The van der Waals surface area contributed by atoms with Crippen LogP contribution in [0.25, 0.3) is 71.6 Å². The Balaban J connectivity index is 1.19. The van der Waals surface area contributed by atoms with E-state index in [1.165, 1.54) is 71.6 Å². The molecule has 0 N–H and O–H groups in total. The molecule has 0 amide bonds. The molecule has 2 heteroatoms. The summed E-state index contributed by atoms with van der Waals surface area (Å²) in [6, 6.07) is 75.7. The van der Waals surface area contributed by atoms with Crippen molar-refractivity contribution in [1.82, 2.24) is 4.57 Å². The van der Waals surface area contributed by atoms with Gasteiger partial charge in [-0.05, 0) is 92.7 Å². The van der Waals surface area contributed by atoms with Gasteiger partial charge in [0.05, 0.1) is 28.1 Å². The van der Waals surface area contributed by atoms with Crippen LogP contribution >= 0.6 is 0 Å². The predicted octanol–water partition coefficient (Wildman–Crippen LogP) is 15.0. The first-order valence-corrected chi connectivity index (χ1v) is 19.9. The predicted molar refractivity (Wildman–Crippen MR) is 241 cm³/mol. The molecule has 0 spiro atoms. The lowest BCUT2D eigenvalue weighted by atomic mass is 9.82. The summed E-state index contributed by atoms with van der Waals surface area (Å²) in [7, 11) is 0. The van der Waals surface area contributed by atoms with Crippen molar-refractivity contribution in [1.29, 1.82) is 0 Å². The summed E-state index contributed by atoms with van der Waals surface area (Å²) in [4.78, 5) is 2.51. The topological polar surface area (TPSA) is 8.17 Å². The number of fused-ring (bicyclic) bond motifs is 7. The highest BCUT2D eigenvalue weighted by Gasteiger charge is 2.36. The fourth-order valence-corrected chi connectivity index (χ4v) is 9.49. The third kappa shape index (κ3) is 5.18. The van der Waals surface area contributed by atoms with Crippen LogP contribution in [0.3, 0.4) is 0 Å². The molecule has 2 nitrogen and oxygen atoms in total. The second kappa shape index (κ2) is 13.0. The SMILES string of the molecule is CC1(C)c2ccccc2-c2ccc(N(c3ccccc3-c3ccccc3)c3cccc4c3c3ccccc3n4-c3ccccc3-c3ccc4ccccc4c3)cc21. The first-order valence-electron chi connectivity index (χ1n) is 19.9. The number of aromatic nitrogens is 1. The third-order valence-corrected chi connectivity index (χ3v) is 12.2. The minimum absolute atomic E-state index is 0.138. The molecule has 1 aliphatic carbocycles. The number of para-hydroxylation sites is 3. The molecule has 0 bridgehead atoms. The normalized spacial score (nSPS) is 12.9. The molecule has 270 valence electrons. The molecule has 9 aromatic carbocycles. The van der Waals surface area contributed by atoms with Gasteiger partial charge >= 0.3 is 0 Å². The largest absolute Gasteiger partial charge is 0.309 e. The second-order valence-electron chi connectivity index (χ2n) is 15.7. The van der Waals surface area contributed by atoms with Crippen LogP contribution in [0.15, 0.2) is 206 Å². The van der Waals surface area contributed by atoms with Gasteiger partial charge in [-0.1, -0.05) is 172 Å². The highest BCUT2D eigenvalue weighted by Crippen LogP contribution is 2.52. The summed E-state index contributed by atoms with van der Waals surface area (Å²) in [5.74, 6) is 0. The van der Waals surface area contributed by atoms with Crippen LogP contribution in [-0.2, 0) is 5.41 Å². The monoisotopic (exact) mass is 728 g/mol. The van der Waals surface area contributed by atoms with E-state index >= 15 is 0 Å². The van der Waals surface area contributed by atoms with Gasteiger partial charge in [-0.15, -0.1) is 0 Å². The van der Waals surface area contributed by atoms with E-state index in [0.29, 0.717) is 0 Å². The van der Waals surface area contributed by atoms with E-state index in [1.807, 2.05) is 0 Å². The smallest absolute Gasteiger partial charge is 0.0562 e. The fourth-order valence-electron chi connectivity index (χ4n) is 9.49.